The molecule has 1 aromatic rings. The van der Waals surface area contributed by atoms with Gasteiger partial charge >= 0.3 is 0 Å². The van der Waals surface area contributed by atoms with Crippen LogP contribution in [0.5, 0.6) is 0 Å². The molecule has 2 aliphatic heterocycles. The second-order valence-corrected chi connectivity index (χ2v) is 6.81. The molecular weight excluding hydrogens is 302 g/mol. The molecule has 0 aromatic carbocycles. The number of hydrogen-bond acceptors (Lipinski definition) is 5. The van der Waals surface area contributed by atoms with E-state index in [1.807, 2.05) is 25.0 Å². The van der Waals surface area contributed by atoms with Gasteiger partial charge in [-0.2, -0.15) is 16.9 Å². The normalized spacial score (nSPS) is 23.0. The van der Waals surface area contributed by atoms with E-state index < -0.39 is 0 Å². The minimum absolute atomic E-state index is 0.0430. The first-order valence-electron chi connectivity index (χ1n) is 7.51. The lowest BCUT2D eigenvalue weighted by molar-refractivity contribution is -0.137. The number of hydrogen-bond donors (Lipinski definition) is 1. The fraction of sp³-hybridized carbons (Fsp3) is 0.643. The lowest BCUT2D eigenvalue weighted by Gasteiger charge is -2.34. The van der Waals surface area contributed by atoms with Crippen LogP contribution < -0.4 is 10.2 Å². The van der Waals surface area contributed by atoms with Gasteiger partial charge in [-0.05, 0) is 0 Å². The van der Waals surface area contributed by atoms with Gasteiger partial charge in [-0.25, -0.2) is 0 Å². The van der Waals surface area contributed by atoms with Crippen LogP contribution in [-0.4, -0.2) is 70.2 Å². The van der Waals surface area contributed by atoms with Gasteiger partial charge in [0.05, 0.1) is 11.9 Å². The van der Waals surface area contributed by atoms with E-state index in [0.717, 1.165) is 23.7 Å². The number of carbonyl (C=O) groups is 2. The van der Waals surface area contributed by atoms with E-state index in [1.54, 1.807) is 20.7 Å². The summed E-state index contributed by atoms with van der Waals surface area (Å²) in [4.78, 5) is 28.0. The molecule has 1 unspecified atom stereocenters. The van der Waals surface area contributed by atoms with E-state index in [9.17, 15) is 9.59 Å². The smallest absolute Gasteiger partial charge is 0.246 e. The van der Waals surface area contributed by atoms with Crippen LogP contribution in [0.15, 0.2) is 12.4 Å². The summed E-state index contributed by atoms with van der Waals surface area (Å²) in [6, 6.07) is 0.234. The van der Waals surface area contributed by atoms with Gasteiger partial charge in [-0.15, -0.1) is 0 Å². The molecule has 2 aliphatic rings. The maximum Gasteiger partial charge on any atom is 0.246 e. The Morgan fingerprint density at radius 3 is 3.00 bits per heavy atom. The van der Waals surface area contributed by atoms with Crippen molar-refractivity contribution in [3.63, 3.8) is 0 Å². The number of carbonyl (C=O) groups excluding carboxylic acids is 2. The summed E-state index contributed by atoms with van der Waals surface area (Å²) < 4.78 is 1.67. The number of anilines is 1. The van der Waals surface area contributed by atoms with Crippen LogP contribution in [0.1, 0.15) is 6.42 Å². The van der Waals surface area contributed by atoms with Crippen molar-refractivity contribution < 1.29 is 9.59 Å². The summed E-state index contributed by atoms with van der Waals surface area (Å²) in [5.41, 5.74) is 0.796. The Bertz CT molecular complexity index is 555. The van der Waals surface area contributed by atoms with Crippen molar-refractivity contribution in [2.45, 2.75) is 12.5 Å². The zero-order valence-corrected chi connectivity index (χ0v) is 13.5. The van der Waals surface area contributed by atoms with Crippen LogP contribution in [0.3, 0.4) is 0 Å². The molecule has 1 atom stereocenters. The standard InChI is InChI=1S/C14H21N5O2S/c1-17-8-12(7-16-17)19-4-3-18(9-14(19)21)13(20)6-11-10-22-5-2-15-11/h7-8,11,15H,2-6,9-10H2,1H3. The number of amides is 2. The number of nitrogens with zero attached hydrogens (tertiary/aromatic N) is 4. The fourth-order valence-electron chi connectivity index (χ4n) is 2.80. The molecule has 0 aliphatic carbocycles. The van der Waals surface area contributed by atoms with Gasteiger partial charge < -0.3 is 15.1 Å². The second-order valence-electron chi connectivity index (χ2n) is 5.66. The molecule has 22 heavy (non-hydrogen) atoms. The largest absolute Gasteiger partial charge is 0.332 e. The van der Waals surface area contributed by atoms with Crippen molar-refractivity contribution in [3.8, 4) is 0 Å². The van der Waals surface area contributed by atoms with E-state index in [2.05, 4.69) is 10.4 Å². The summed E-state index contributed by atoms with van der Waals surface area (Å²) in [5, 5.41) is 7.45. The highest BCUT2D eigenvalue weighted by Crippen LogP contribution is 2.17. The predicted octanol–water partition coefficient (Wildman–Crippen LogP) is -0.310. The number of nitrogens with one attached hydrogen (secondary N) is 1. The minimum atomic E-state index is -0.0430. The molecule has 7 nitrogen and oxygen atoms in total. The van der Waals surface area contributed by atoms with E-state index in [1.165, 1.54) is 0 Å². The summed E-state index contributed by atoms with van der Waals surface area (Å²) in [7, 11) is 1.82. The van der Waals surface area contributed by atoms with Crippen LogP contribution in [-0.2, 0) is 16.6 Å². The first kappa shape index (κ1) is 15.4. The van der Waals surface area contributed by atoms with Crippen molar-refractivity contribution in [1.82, 2.24) is 20.0 Å². The molecule has 3 heterocycles. The molecule has 0 bridgehead atoms. The Labute approximate surface area is 134 Å². The molecule has 8 heteroatoms. The molecule has 3 rings (SSSR count). The maximum absolute atomic E-state index is 12.3. The molecule has 0 saturated carbocycles. The highest BCUT2D eigenvalue weighted by Gasteiger charge is 2.29. The van der Waals surface area contributed by atoms with E-state index >= 15 is 0 Å². The summed E-state index contributed by atoms with van der Waals surface area (Å²) in [6.07, 6.45) is 3.98. The lowest BCUT2D eigenvalue weighted by Crippen LogP contribution is -2.53. The third-order valence-corrected chi connectivity index (χ3v) is 5.13. The van der Waals surface area contributed by atoms with Gasteiger partial charge in [-0.1, -0.05) is 0 Å². The van der Waals surface area contributed by atoms with Gasteiger partial charge in [0, 0.05) is 56.8 Å². The number of rotatable bonds is 3. The quantitative estimate of drug-likeness (QED) is 0.826. The average molecular weight is 323 g/mol. The van der Waals surface area contributed by atoms with Crippen molar-refractivity contribution in [3.05, 3.63) is 12.4 Å². The number of piperazine rings is 1. The second kappa shape index (κ2) is 6.70. The monoisotopic (exact) mass is 323 g/mol. The third kappa shape index (κ3) is 3.44. The lowest BCUT2D eigenvalue weighted by atomic mass is 10.2. The van der Waals surface area contributed by atoms with E-state index in [0.29, 0.717) is 19.5 Å². The minimum Gasteiger partial charge on any atom is -0.332 e. The summed E-state index contributed by atoms with van der Waals surface area (Å²) >= 11 is 1.87. The predicted molar refractivity (Wildman–Crippen MR) is 85.9 cm³/mol. The van der Waals surface area contributed by atoms with Gasteiger partial charge in [0.15, 0.2) is 0 Å². The Hall–Kier alpha value is -1.54. The zero-order chi connectivity index (χ0) is 15.5. The van der Waals surface area contributed by atoms with E-state index in [4.69, 9.17) is 0 Å². The fourth-order valence-corrected chi connectivity index (χ4v) is 3.75. The van der Waals surface area contributed by atoms with Crippen LogP contribution in [0.25, 0.3) is 0 Å². The summed E-state index contributed by atoms with van der Waals surface area (Å²) in [6.45, 7) is 2.23. The van der Waals surface area contributed by atoms with Crippen LogP contribution >= 0.6 is 11.8 Å². The van der Waals surface area contributed by atoms with Crippen LogP contribution in [0, 0.1) is 0 Å². The summed E-state index contributed by atoms with van der Waals surface area (Å²) in [5.74, 6) is 2.10. The topological polar surface area (TPSA) is 70.5 Å². The Morgan fingerprint density at radius 1 is 1.50 bits per heavy atom. The highest BCUT2D eigenvalue weighted by atomic mass is 32.2. The molecule has 1 aromatic heterocycles. The molecule has 0 spiro atoms. The van der Waals surface area contributed by atoms with Gasteiger partial charge in [-0.3, -0.25) is 14.3 Å². The van der Waals surface area contributed by atoms with Crippen molar-refractivity contribution in [2.24, 2.45) is 7.05 Å². The van der Waals surface area contributed by atoms with Gasteiger partial charge in [0.25, 0.3) is 0 Å². The first-order chi connectivity index (χ1) is 10.6. The Morgan fingerprint density at radius 2 is 2.36 bits per heavy atom. The highest BCUT2D eigenvalue weighted by molar-refractivity contribution is 7.99. The maximum atomic E-state index is 12.3. The SMILES string of the molecule is Cn1cc(N2CCN(C(=O)CC3CSCCN3)CC2=O)cn1. The van der Waals surface area contributed by atoms with Gasteiger partial charge in [0.1, 0.15) is 6.54 Å². The Balaban J connectivity index is 1.55. The van der Waals surface area contributed by atoms with E-state index in [-0.39, 0.29) is 24.4 Å². The average Bonchev–Trinajstić information content (AvgIpc) is 2.94. The number of aromatic nitrogens is 2. The van der Waals surface area contributed by atoms with Crippen molar-refractivity contribution >= 4 is 29.3 Å². The molecular formula is C14H21N5O2S. The molecule has 1 N–H and O–H groups in total. The Kier molecular flexibility index (Phi) is 4.68. The number of thioether (sulfide) groups is 1. The van der Waals surface area contributed by atoms with Crippen molar-refractivity contribution in [2.75, 3.05) is 42.6 Å². The molecule has 120 valence electrons. The molecule has 2 amide bonds. The first-order valence-corrected chi connectivity index (χ1v) is 8.67. The van der Waals surface area contributed by atoms with Gasteiger partial charge in [0.2, 0.25) is 11.8 Å². The molecule has 2 fully saturated rings. The van der Waals surface area contributed by atoms with Crippen LogP contribution in [0.4, 0.5) is 5.69 Å². The van der Waals surface area contributed by atoms with Crippen LogP contribution in [0.2, 0.25) is 0 Å². The third-order valence-electron chi connectivity index (χ3n) is 4.00. The number of aryl methyl sites for hydroxylation is 1. The van der Waals surface area contributed by atoms with Crippen molar-refractivity contribution in [1.29, 1.82) is 0 Å². The molecule has 2 saturated heterocycles. The molecule has 0 radical (unpaired) electrons. The zero-order valence-electron chi connectivity index (χ0n) is 12.7.